The Labute approximate surface area is 83.5 Å². The van der Waals surface area contributed by atoms with Crippen LogP contribution in [0.4, 0.5) is 0 Å². The number of amides is 2. The largest absolute Gasteiger partial charge is 0.385 e. The number of methoxy groups -OCH3 is 1. The van der Waals surface area contributed by atoms with Gasteiger partial charge in [0.05, 0.1) is 0 Å². The predicted octanol–water partition coefficient (Wildman–Crippen LogP) is -0.559. The molecule has 0 saturated carbocycles. The molecular weight excluding hydrogens is 184 g/mol. The summed E-state index contributed by atoms with van der Waals surface area (Å²) in [6, 6.07) is 0. The van der Waals surface area contributed by atoms with Crippen LogP contribution in [-0.2, 0) is 14.3 Å². The zero-order valence-electron chi connectivity index (χ0n) is 8.34. The first kappa shape index (κ1) is 12.6. The van der Waals surface area contributed by atoms with Crippen LogP contribution in [0.3, 0.4) is 0 Å². The lowest BCUT2D eigenvalue weighted by molar-refractivity contribution is -0.139. The maximum Gasteiger partial charge on any atom is 0.309 e. The third kappa shape index (κ3) is 6.19. The summed E-state index contributed by atoms with van der Waals surface area (Å²) in [5.74, 6) is -1.26. The summed E-state index contributed by atoms with van der Waals surface area (Å²) < 4.78 is 4.78. The number of carbonyl (C=O) groups excluding carboxylic acids is 2. The third-order valence-corrected chi connectivity index (χ3v) is 1.42. The fourth-order valence-electron chi connectivity index (χ4n) is 0.744. The van der Waals surface area contributed by atoms with Crippen LogP contribution in [0.25, 0.3) is 0 Å². The van der Waals surface area contributed by atoms with E-state index in [0.717, 1.165) is 0 Å². The average molecular weight is 200 g/mol. The van der Waals surface area contributed by atoms with E-state index in [9.17, 15) is 9.59 Å². The minimum absolute atomic E-state index is 0.296. The van der Waals surface area contributed by atoms with E-state index in [2.05, 4.69) is 17.2 Å². The summed E-state index contributed by atoms with van der Waals surface area (Å²) in [5.41, 5.74) is 0. The molecule has 0 aliphatic heterocycles. The summed E-state index contributed by atoms with van der Waals surface area (Å²) in [4.78, 5) is 22.0. The predicted molar refractivity (Wildman–Crippen MR) is 52.7 cm³/mol. The van der Waals surface area contributed by atoms with E-state index in [1.165, 1.54) is 6.08 Å². The second-order valence-electron chi connectivity index (χ2n) is 2.60. The molecule has 0 aliphatic carbocycles. The molecule has 0 aliphatic rings. The Hall–Kier alpha value is -1.36. The quantitative estimate of drug-likeness (QED) is 0.343. The molecule has 14 heavy (non-hydrogen) atoms. The second kappa shape index (κ2) is 8.25. The van der Waals surface area contributed by atoms with Crippen LogP contribution in [0.5, 0.6) is 0 Å². The van der Waals surface area contributed by atoms with E-state index < -0.39 is 11.8 Å². The van der Waals surface area contributed by atoms with Gasteiger partial charge in [-0.25, -0.2) is 0 Å². The topological polar surface area (TPSA) is 67.4 Å². The molecule has 0 aromatic carbocycles. The van der Waals surface area contributed by atoms with Gasteiger partial charge >= 0.3 is 11.8 Å². The van der Waals surface area contributed by atoms with Gasteiger partial charge in [-0.3, -0.25) is 9.59 Å². The van der Waals surface area contributed by atoms with E-state index in [0.29, 0.717) is 26.1 Å². The van der Waals surface area contributed by atoms with E-state index in [1.807, 2.05) is 0 Å². The van der Waals surface area contributed by atoms with Gasteiger partial charge in [0.15, 0.2) is 0 Å². The van der Waals surface area contributed by atoms with E-state index in [4.69, 9.17) is 4.74 Å². The van der Waals surface area contributed by atoms with Crippen molar-refractivity contribution in [2.45, 2.75) is 6.42 Å². The van der Waals surface area contributed by atoms with Crippen LogP contribution in [0, 0.1) is 0 Å². The third-order valence-electron chi connectivity index (χ3n) is 1.42. The van der Waals surface area contributed by atoms with E-state index in [-0.39, 0.29) is 0 Å². The maximum atomic E-state index is 11.0. The molecule has 2 N–H and O–H groups in total. The summed E-state index contributed by atoms with van der Waals surface area (Å²) in [7, 11) is 1.58. The van der Waals surface area contributed by atoms with Gasteiger partial charge in [0.2, 0.25) is 0 Å². The van der Waals surface area contributed by atoms with Crippen LogP contribution in [0.2, 0.25) is 0 Å². The first-order valence-corrected chi connectivity index (χ1v) is 4.38. The molecular formula is C9H16N2O3. The Balaban J connectivity index is 3.52. The zero-order chi connectivity index (χ0) is 10.8. The van der Waals surface area contributed by atoms with Crippen LogP contribution in [0.15, 0.2) is 12.7 Å². The molecule has 0 aromatic rings. The van der Waals surface area contributed by atoms with Gasteiger partial charge in [0.1, 0.15) is 0 Å². The molecule has 0 bridgehead atoms. The zero-order valence-corrected chi connectivity index (χ0v) is 8.34. The monoisotopic (exact) mass is 200 g/mol. The molecule has 0 heterocycles. The van der Waals surface area contributed by atoms with Crippen molar-refractivity contribution in [3.8, 4) is 0 Å². The fraction of sp³-hybridized carbons (Fsp3) is 0.556. The number of nitrogens with one attached hydrogen (secondary N) is 2. The van der Waals surface area contributed by atoms with Crippen molar-refractivity contribution >= 4 is 11.8 Å². The standard InChI is InChI=1S/C9H16N2O3/c1-3-5-10-8(12)9(13)11-6-4-7-14-2/h3H,1,4-7H2,2H3,(H,10,12)(H,11,13). The van der Waals surface area contributed by atoms with Crippen molar-refractivity contribution in [2.75, 3.05) is 26.8 Å². The highest BCUT2D eigenvalue weighted by Gasteiger charge is 2.10. The van der Waals surface area contributed by atoms with Gasteiger partial charge in [0, 0.05) is 26.8 Å². The Morgan fingerprint density at radius 3 is 2.57 bits per heavy atom. The van der Waals surface area contributed by atoms with E-state index >= 15 is 0 Å². The Bertz CT molecular complexity index is 204. The minimum atomic E-state index is -0.637. The van der Waals surface area contributed by atoms with Crippen molar-refractivity contribution in [1.82, 2.24) is 10.6 Å². The number of carbonyl (C=O) groups is 2. The molecule has 0 spiro atoms. The number of rotatable bonds is 6. The van der Waals surface area contributed by atoms with Crippen molar-refractivity contribution in [2.24, 2.45) is 0 Å². The molecule has 0 unspecified atom stereocenters. The molecule has 0 radical (unpaired) electrons. The lowest BCUT2D eigenvalue weighted by atomic mass is 10.4. The van der Waals surface area contributed by atoms with Gasteiger partial charge in [0.25, 0.3) is 0 Å². The van der Waals surface area contributed by atoms with E-state index in [1.54, 1.807) is 7.11 Å². The molecule has 5 heteroatoms. The van der Waals surface area contributed by atoms with Gasteiger partial charge in [-0.1, -0.05) is 6.08 Å². The van der Waals surface area contributed by atoms with Crippen molar-refractivity contribution in [3.05, 3.63) is 12.7 Å². The average Bonchev–Trinajstić information content (AvgIpc) is 2.20. The molecule has 0 saturated heterocycles. The summed E-state index contributed by atoms with van der Waals surface area (Å²) >= 11 is 0. The van der Waals surface area contributed by atoms with Gasteiger partial charge in [-0.15, -0.1) is 6.58 Å². The highest BCUT2D eigenvalue weighted by molar-refractivity contribution is 6.35. The van der Waals surface area contributed by atoms with Gasteiger partial charge in [-0.2, -0.15) is 0 Å². The lowest BCUT2D eigenvalue weighted by Gasteiger charge is -2.04. The molecule has 0 atom stereocenters. The minimum Gasteiger partial charge on any atom is -0.385 e. The maximum absolute atomic E-state index is 11.0. The molecule has 80 valence electrons. The first-order chi connectivity index (χ1) is 6.72. The van der Waals surface area contributed by atoms with Crippen LogP contribution >= 0.6 is 0 Å². The van der Waals surface area contributed by atoms with Crippen LogP contribution in [-0.4, -0.2) is 38.6 Å². The summed E-state index contributed by atoms with van der Waals surface area (Å²) in [5, 5.41) is 4.83. The second-order valence-corrected chi connectivity index (χ2v) is 2.60. The molecule has 0 fully saturated rings. The number of ether oxygens (including phenoxy) is 1. The molecule has 2 amide bonds. The fourth-order valence-corrected chi connectivity index (χ4v) is 0.744. The highest BCUT2D eigenvalue weighted by Crippen LogP contribution is 1.77. The van der Waals surface area contributed by atoms with Gasteiger partial charge in [-0.05, 0) is 6.42 Å². The van der Waals surface area contributed by atoms with Crippen molar-refractivity contribution < 1.29 is 14.3 Å². The molecule has 5 nitrogen and oxygen atoms in total. The number of hydrogen-bond acceptors (Lipinski definition) is 3. The lowest BCUT2D eigenvalue weighted by Crippen LogP contribution is -2.40. The van der Waals surface area contributed by atoms with Crippen molar-refractivity contribution in [1.29, 1.82) is 0 Å². The van der Waals surface area contributed by atoms with Crippen LogP contribution < -0.4 is 10.6 Å². The number of hydrogen-bond donors (Lipinski definition) is 2. The Morgan fingerprint density at radius 2 is 2.00 bits per heavy atom. The normalized spacial score (nSPS) is 9.21. The highest BCUT2D eigenvalue weighted by atomic mass is 16.5. The summed E-state index contributed by atoms with van der Waals surface area (Å²) in [6.45, 7) is 4.71. The van der Waals surface area contributed by atoms with Crippen molar-refractivity contribution in [3.63, 3.8) is 0 Å². The van der Waals surface area contributed by atoms with Crippen LogP contribution in [0.1, 0.15) is 6.42 Å². The smallest absolute Gasteiger partial charge is 0.309 e. The summed E-state index contributed by atoms with van der Waals surface area (Å²) in [6.07, 6.45) is 2.20. The SMILES string of the molecule is C=CCNC(=O)C(=O)NCCCOC. The van der Waals surface area contributed by atoms with Gasteiger partial charge < -0.3 is 15.4 Å². The molecule has 0 aromatic heterocycles. The Morgan fingerprint density at radius 1 is 1.36 bits per heavy atom. The first-order valence-electron chi connectivity index (χ1n) is 4.38. The Kier molecular flexibility index (Phi) is 7.45. The molecule has 0 rings (SSSR count).